The van der Waals surface area contributed by atoms with Crippen molar-refractivity contribution in [1.82, 2.24) is 4.98 Å². The van der Waals surface area contributed by atoms with E-state index in [1.54, 1.807) is 12.4 Å². The molecule has 1 heterocycles. The Hall–Kier alpha value is -2.94. The van der Waals surface area contributed by atoms with Crippen LogP contribution in [0.1, 0.15) is 11.1 Å². The lowest BCUT2D eigenvalue weighted by atomic mass is 10.0. The summed E-state index contributed by atoms with van der Waals surface area (Å²) in [5, 5.41) is 4.56. The van der Waals surface area contributed by atoms with E-state index >= 15 is 0 Å². The van der Waals surface area contributed by atoms with Crippen LogP contribution in [0.15, 0.2) is 90.3 Å². The molecule has 0 spiro atoms. The Morgan fingerprint density at radius 2 is 1.38 bits per heavy atom. The highest BCUT2D eigenvalue weighted by Crippen LogP contribution is 2.12. The molecule has 0 unspecified atom stereocenters. The number of hydrogen-bond donors (Lipinski definition) is 1. The lowest BCUT2D eigenvalue weighted by Gasteiger charge is -2.08. The number of pyridine rings is 1. The molecule has 0 atom stereocenters. The van der Waals surface area contributed by atoms with Crippen molar-refractivity contribution in [1.29, 1.82) is 0 Å². The molecule has 0 aliphatic heterocycles. The van der Waals surface area contributed by atoms with Crippen molar-refractivity contribution in [2.45, 2.75) is 0 Å². The molecule has 0 aliphatic rings. The van der Waals surface area contributed by atoms with Gasteiger partial charge in [-0.2, -0.15) is 5.10 Å². The van der Waals surface area contributed by atoms with Gasteiger partial charge in [0.05, 0.1) is 17.6 Å². The molecule has 0 fully saturated rings. The minimum absolute atomic E-state index is 0.863. The first-order valence-electron chi connectivity index (χ1n) is 6.78. The fraction of sp³-hybridized carbons (Fsp3) is 0. The van der Waals surface area contributed by atoms with Gasteiger partial charge < -0.3 is 0 Å². The Bertz CT molecular complexity index is 666. The number of hydrogen-bond acceptors (Lipinski definition) is 3. The highest BCUT2D eigenvalue weighted by molar-refractivity contribution is 6.13. The van der Waals surface area contributed by atoms with Crippen molar-refractivity contribution in [3.8, 4) is 0 Å². The molecule has 3 nitrogen and oxygen atoms in total. The van der Waals surface area contributed by atoms with E-state index in [-0.39, 0.29) is 0 Å². The van der Waals surface area contributed by atoms with Gasteiger partial charge in [-0.05, 0) is 12.1 Å². The monoisotopic (exact) mass is 273 g/mol. The van der Waals surface area contributed by atoms with Gasteiger partial charge >= 0.3 is 0 Å². The predicted octanol–water partition coefficient (Wildman–Crippen LogP) is 3.95. The molecule has 3 heteroatoms. The number of nitrogens with zero attached hydrogens (tertiary/aromatic N) is 2. The second-order valence-electron chi connectivity index (χ2n) is 4.55. The van der Waals surface area contributed by atoms with Gasteiger partial charge in [0.15, 0.2) is 0 Å². The van der Waals surface area contributed by atoms with Crippen LogP contribution in [0.3, 0.4) is 0 Å². The van der Waals surface area contributed by atoms with E-state index in [9.17, 15) is 0 Å². The molecule has 1 N–H and O–H groups in total. The topological polar surface area (TPSA) is 37.3 Å². The average molecular weight is 273 g/mol. The van der Waals surface area contributed by atoms with Crippen LogP contribution >= 0.6 is 0 Å². The van der Waals surface area contributed by atoms with Crippen LogP contribution in [-0.2, 0) is 0 Å². The van der Waals surface area contributed by atoms with E-state index < -0.39 is 0 Å². The fourth-order valence-corrected chi connectivity index (χ4v) is 2.04. The molecule has 0 bridgehead atoms. The molecular formula is C18H15N3. The summed E-state index contributed by atoms with van der Waals surface area (Å²) >= 11 is 0. The zero-order chi connectivity index (χ0) is 14.3. The zero-order valence-corrected chi connectivity index (χ0v) is 11.5. The Morgan fingerprint density at radius 1 is 0.762 bits per heavy atom. The Kier molecular flexibility index (Phi) is 4.03. The van der Waals surface area contributed by atoms with Crippen LogP contribution in [0.5, 0.6) is 0 Å². The third-order valence-electron chi connectivity index (χ3n) is 3.05. The van der Waals surface area contributed by atoms with Crippen LogP contribution in [0, 0.1) is 0 Å². The van der Waals surface area contributed by atoms with Gasteiger partial charge in [0.1, 0.15) is 0 Å². The van der Waals surface area contributed by atoms with Gasteiger partial charge in [-0.1, -0.05) is 60.7 Å². The summed E-state index contributed by atoms with van der Waals surface area (Å²) in [7, 11) is 0. The summed E-state index contributed by atoms with van der Waals surface area (Å²) < 4.78 is 0. The highest BCUT2D eigenvalue weighted by Gasteiger charge is 2.06. The van der Waals surface area contributed by atoms with Crippen molar-refractivity contribution < 1.29 is 0 Å². The summed E-state index contributed by atoms with van der Waals surface area (Å²) in [5.41, 5.74) is 6.97. The summed E-state index contributed by atoms with van der Waals surface area (Å²) in [5.74, 6) is 0. The van der Waals surface area contributed by atoms with Crippen LogP contribution < -0.4 is 5.43 Å². The number of rotatable bonds is 4. The Labute approximate surface area is 124 Å². The van der Waals surface area contributed by atoms with E-state index in [2.05, 4.69) is 39.8 Å². The maximum absolute atomic E-state index is 4.56. The first-order valence-corrected chi connectivity index (χ1v) is 6.78. The molecule has 102 valence electrons. The standard InChI is InChI=1S/C18H15N3/c1-3-8-15(9-4-1)18(16-10-5-2-6-11-16)21-20-17-12-7-13-19-14-17/h1-14,20H. The fourth-order valence-electron chi connectivity index (χ4n) is 2.04. The quantitative estimate of drug-likeness (QED) is 0.577. The second kappa shape index (κ2) is 6.48. The van der Waals surface area contributed by atoms with Crippen molar-refractivity contribution in [2.24, 2.45) is 5.10 Å². The third kappa shape index (κ3) is 3.34. The Morgan fingerprint density at radius 3 is 1.90 bits per heavy atom. The van der Waals surface area contributed by atoms with Gasteiger partial charge in [-0.3, -0.25) is 10.4 Å². The third-order valence-corrected chi connectivity index (χ3v) is 3.05. The van der Waals surface area contributed by atoms with Gasteiger partial charge in [0.25, 0.3) is 0 Å². The van der Waals surface area contributed by atoms with Gasteiger partial charge in [-0.15, -0.1) is 0 Å². The average Bonchev–Trinajstić information content (AvgIpc) is 2.58. The second-order valence-corrected chi connectivity index (χ2v) is 4.55. The number of aromatic nitrogens is 1. The first-order chi connectivity index (χ1) is 10.4. The van der Waals surface area contributed by atoms with Crippen LogP contribution in [0.25, 0.3) is 0 Å². The lowest BCUT2D eigenvalue weighted by molar-refractivity contribution is 1.26. The molecule has 0 radical (unpaired) electrons. The molecule has 3 aromatic rings. The summed E-state index contributed by atoms with van der Waals surface area (Å²) in [6, 6.07) is 24.1. The Balaban J connectivity index is 1.97. The maximum atomic E-state index is 4.56. The van der Waals surface area contributed by atoms with Crippen molar-refractivity contribution in [3.63, 3.8) is 0 Å². The maximum Gasteiger partial charge on any atom is 0.0977 e. The van der Waals surface area contributed by atoms with Crippen LogP contribution in [-0.4, -0.2) is 10.7 Å². The summed E-state index contributed by atoms with van der Waals surface area (Å²) in [6.45, 7) is 0. The normalized spacial score (nSPS) is 9.90. The number of nitrogens with one attached hydrogen (secondary N) is 1. The lowest BCUT2D eigenvalue weighted by Crippen LogP contribution is -2.06. The molecule has 0 saturated heterocycles. The molecule has 1 aromatic heterocycles. The molecule has 3 rings (SSSR count). The van der Waals surface area contributed by atoms with E-state index in [0.717, 1.165) is 22.5 Å². The minimum Gasteiger partial charge on any atom is -0.276 e. The number of benzene rings is 2. The van der Waals surface area contributed by atoms with Crippen LogP contribution in [0.2, 0.25) is 0 Å². The predicted molar refractivity (Wildman–Crippen MR) is 86.4 cm³/mol. The molecular weight excluding hydrogens is 258 g/mol. The smallest absolute Gasteiger partial charge is 0.0977 e. The molecule has 2 aromatic carbocycles. The van der Waals surface area contributed by atoms with E-state index in [0.29, 0.717) is 0 Å². The number of anilines is 1. The van der Waals surface area contributed by atoms with Crippen molar-refractivity contribution >= 4 is 11.4 Å². The van der Waals surface area contributed by atoms with E-state index in [1.165, 1.54) is 0 Å². The largest absolute Gasteiger partial charge is 0.276 e. The SMILES string of the molecule is c1ccc(C(=NNc2cccnc2)c2ccccc2)cc1. The molecule has 0 saturated carbocycles. The highest BCUT2D eigenvalue weighted by atomic mass is 15.3. The van der Waals surface area contributed by atoms with Gasteiger partial charge in [0.2, 0.25) is 0 Å². The minimum atomic E-state index is 0.863. The van der Waals surface area contributed by atoms with Crippen molar-refractivity contribution in [2.75, 3.05) is 5.43 Å². The first kappa shape index (κ1) is 13.1. The van der Waals surface area contributed by atoms with Crippen LogP contribution in [0.4, 0.5) is 5.69 Å². The van der Waals surface area contributed by atoms with E-state index in [1.807, 2.05) is 48.5 Å². The summed E-state index contributed by atoms with van der Waals surface area (Å²) in [6.07, 6.45) is 3.49. The molecule has 0 amide bonds. The summed E-state index contributed by atoms with van der Waals surface area (Å²) in [4.78, 5) is 4.08. The van der Waals surface area contributed by atoms with Crippen molar-refractivity contribution in [3.05, 3.63) is 96.3 Å². The van der Waals surface area contributed by atoms with Gasteiger partial charge in [-0.25, -0.2) is 0 Å². The molecule has 21 heavy (non-hydrogen) atoms. The molecule has 0 aliphatic carbocycles. The van der Waals surface area contributed by atoms with E-state index in [4.69, 9.17) is 0 Å². The van der Waals surface area contributed by atoms with Gasteiger partial charge in [0, 0.05) is 17.3 Å². The zero-order valence-electron chi connectivity index (χ0n) is 11.5. The number of hydrazone groups is 1.